The molecule has 0 atom stereocenters. The summed E-state index contributed by atoms with van der Waals surface area (Å²) in [5.74, 6) is 2.18. The van der Waals surface area contributed by atoms with Crippen molar-refractivity contribution >= 4 is 28.6 Å². The van der Waals surface area contributed by atoms with Crippen LogP contribution in [0.25, 0.3) is 10.9 Å². The molecule has 0 saturated heterocycles. The fraction of sp³-hybridized carbons (Fsp3) is 0.455. The normalized spacial score (nSPS) is 18.9. The summed E-state index contributed by atoms with van der Waals surface area (Å²) in [6.45, 7) is 0.733. The highest BCUT2D eigenvalue weighted by molar-refractivity contribution is 5.90. The van der Waals surface area contributed by atoms with Crippen LogP contribution in [-0.2, 0) is 11.2 Å². The van der Waals surface area contributed by atoms with E-state index in [0.29, 0.717) is 24.3 Å². The van der Waals surface area contributed by atoms with Crippen LogP contribution in [0.5, 0.6) is 0 Å². The van der Waals surface area contributed by atoms with Crippen molar-refractivity contribution in [3.63, 3.8) is 0 Å². The third-order valence-corrected chi connectivity index (χ3v) is 5.68. The Balaban J connectivity index is 1.29. The van der Waals surface area contributed by atoms with Crippen LogP contribution in [0.2, 0.25) is 0 Å². The van der Waals surface area contributed by atoms with E-state index in [1.165, 1.54) is 0 Å². The van der Waals surface area contributed by atoms with Gasteiger partial charge in [-0.3, -0.25) is 4.79 Å². The van der Waals surface area contributed by atoms with E-state index >= 15 is 0 Å². The average Bonchev–Trinajstić information content (AvgIpc) is 3.25. The van der Waals surface area contributed by atoms with Gasteiger partial charge in [0.15, 0.2) is 0 Å². The Morgan fingerprint density at radius 2 is 1.97 bits per heavy atom. The minimum absolute atomic E-state index is 0.0419. The van der Waals surface area contributed by atoms with Gasteiger partial charge in [-0.15, -0.1) is 0 Å². The van der Waals surface area contributed by atoms with Crippen LogP contribution in [0.3, 0.4) is 0 Å². The number of aromatic amines is 1. The number of benzene rings is 1. The minimum Gasteiger partial charge on any atom is -0.362 e. The molecule has 1 aliphatic carbocycles. The monoisotopic (exact) mass is 407 g/mol. The van der Waals surface area contributed by atoms with E-state index in [0.717, 1.165) is 54.6 Å². The van der Waals surface area contributed by atoms with Crippen LogP contribution in [0.1, 0.15) is 31.4 Å². The molecule has 8 heteroatoms. The molecular weight excluding hydrogens is 378 g/mol. The van der Waals surface area contributed by atoms with Crippen molar-refractivity contribution < 1.29 is 4.79 Å². The van der Waals surface area contributed by atoms with Crippen LogP contribution >= 0.6 is 0 Å². The lowest BCUT2D eigenvalue weighted by Crippen LogP contribution is -2.34. The predicted octanol–water partition coefficient (Wildman–Crippen LogP) is 2.75. The van der Waals surface area contributed by atoms with Crippen molar-refractivity contribution in [3.05, 3.63) is 42.5 Å². The number of imidazole rings is 1. The molecule has 1 aliphatic rings. The van der Waals surface area contributed by atoms with Gasteiger partial charge in [0.2, 0.25) is 11.9 Å². The zero-order valence-electron chi connectivity index (χ0n) is 17.6. The largest absolute Gasteiger partial charge is 0.362 e. The zero-order valence-corrected chi connectivity index (χ0v) is 17.6. The van der Waals surface area contributed by atoms with E-state index in [9.17, 15) is 4.79 Å². The minimum atomic E-state index is 0.0419. The summed E-state index contributed by atoms with van der Waals surface area (Å²) in [5.41, 5.74) is 1.79. The number of aromatic nitrogens is 4. The SMILES string of the molecule is CN(C)c1nc(NC2CCC(CNC(=O)Cc3cnc[nH]3)CC2)nc2ccccc12. The third kappa shape index (κ3) is 4.87. The summed E-state index contributed by atoms with van der Waals surface area (Å²) in [7, 11) is 4.01. The summed E-state index contributed by atoms with van der Waals surface area (Å²) in [4.78, 5) is 30.5. The number of carbonyl (C=O) groups is 1. The lowest BCUT2D eigenvalue weighted by atomic mass is 9.86. The number of H-pyrrole nitrogens is 1. The van der Waals surface area contributed by atoms with Crippen molar-refractivity contribution in [1.82, 2.24) is 25.3 Å². The second-order valence-electron chi connectivity index (χ2n) is 8.20. The predicted molar refractivity (Wildman–Crippen MR) is 119 cm³/mol. The average molecular weight is 408 g/mol. The molecule has 4 rings (SSSR count). The zero-order chi connectivity index (χ0) is 20.9. The van der Waals surface area contributed by atoms with Crippen molar-refractivity contribution in [2.75, 3.05) is 30.9 Å². The number of fused-ring (bicyclic) bond motifs is 1. The second kappa shape index (κ2) is 9.11. The van der Waals surface area contributed by atoms with Crippen molar-refractivity contribution in [2.24, 2.45) is 5.92 Å². The van der Waals surface area contributed by atoms with Crippen LogP contribution in [0.15, 0.2) is 36.8 Å². The molecule has 2 heterocycles. The molecule has 1 aromatic carbocycles. The van der Waals surface area contributed by atoms with Crippen LogP contribution in [0.4, 0.5) is 11.8 Å². The number of nitrogens with one attached hydrogen (secondary N) is 3. The van der Waals surface area contributed by atoms with E-state index in [1.54, 1.807) is 12.5 Å². The summed E-state index contributed by atoms with van der Waals surface area (Å²) < 4.78 is 0. The standard InChI is InChI=1S/C22H29N7O/c1-29(2)21-18-5-3-4-6-19(18)27-22(28-21)26-16-9-7-15(8-10-16)12-24-20(30)11-17-13-23-14-25-17/h3-6,13-16H,7-12H2,1-2H3,(H,23,25)(H,24,30)(H,26,27,28). The van der Waals surface area contributed by atoms with Gasteiger partial charge in [0.05, 0.1) is 18.3 Å². The van der Waals surface area contributed by atoms with Crippen molar-refractivity contribution in [2.45, 2.75) is 38.1 Å². The maximum Gasteiger partial charge on any atom is 0.226 e. The molecule has 158 valence electrons. The summed E-state index contributed by atoms with van der Waals surface area (Å²) in [5, 5.41) is 7.65. The molecule has 1 saturated carbocycles. The van der Waals surface area contributed by atoms with Gasteiger partial charge in [-0.05, 0) is 43.7 Å². The van der Waals surface area contributed by atoms with Gasteiger partial charge >= 0.3 is 0 Å². The van der Waals surface area contributed by atoms with E-state index in [1.807, 2.05) is 37.2 Å². The first-order valence-corrected chi connectivity index (χ1v) is 10.5. The van der Waals surface area contributed by atoms with Gasteiger partial charge in [-0.1, -0.05) is 12.1 Å². The van der Waals surface area contributed by atoms with Gasteiger partial charge in [0.1, 0.15) is 5.82 Å². The fourth-order valence-electron chi connectivity index (χ4n) is 4.03. The van der Waals surface area contributed by atoms with Gasteiger partial charge < -0.3 is 20.5 Å². The Labute approximate surface area is 176 Å². The first-order chi connectivity index (χ1) is 14.6. The number of hydrogen-bond donors (Lipinski definition) is 3. The lowest BCUT2D eigenvalue weighted by Gasteiger charge is -2.29. The Morgan fingerprint density at radius 3 is 2.70 bits per heavy atom. The number of anilines is 2. The molecule has 30 heavy (non-hydrogen) atoms. The molecule has 1 fully saturated rings. The number of nitrogens with zero attached hydrogens (tertiary/aromatic N) is 4. The molecule has 3 aromatic rings. The molecule has 0 radical (unpaired) electrons. The number of amides is 1. The molecule has 8 nitrogen and oxygen atoms in total. The van der Waals surface area contributed by atoms with Gasteiger partial charge in [0.25, 0.3) is 0 Å². The first kappa shape index (κ1) is 20.1. The molecule has 0 spiro atoms. The number of hydrogen-bond acceptors (Lipinski definition) is 6. The van der Waals surface area contributed by atoms with Gasteiger partial charge in [0, 0.05) is 44.0 Å². The van der Waals surface area contributed by atoms with Gasteiger partial charge in [-0.2, -0.15) is 4.98 Å². The summed E-state index contributed by atoms with van der Waals surface area (Å²) in [6.07, 6.45) is 7.89. The Kier molecular flexibility index (Phi) is 6.11. The van der Waals surface area contributed by atoms with Crippen LogP contribution in [-0.4, -0.2) is 52.5 Å². The maximum absolute atomic E-state index is 12.1. The Morgan fingerprint density at radius 1 is 1.17 bits per heavy atom. The summed E-state index contributed by atoms with van der Waals surface area (Å²) >= 11 is 0. The molecule has 0 aliphatic heterocycles. The fourth-order valence-corrected chi connectivity index (χ4v) is 4.03. The third-order valence-electron chi connectivity index (χ3n) is 5.68. The van der Waals surface area contributed by atoms with Crippen LogP contribution in [0, 0.1) is 5.92 Å². The Bertz CT molecular complexity index is 978. The second-order valence-corrected chi connectivity index (χ2v) is 8.20. The Hall–Kier alpha value is -3.16. The molecule has 1 amide bonds. The summed E-state index contributed by atoms with van der Waals surface area (Å²) in [6, 6.07) is 8.46. The molecule has 2 aromatic heterocycles. The lowest BCUT2D eigenvalue weighted by molar-refractivity contribution is -0.120. The topological polar surface area (TPSA) is 98.8 Å². The quantitative estimate of drug-likeness (QED) is 0.557. The van der Waals surface area contributed by atoms with E-state index < -0.39 is 0 Å². The molecule has 0 bridgehead atoms. The highest BCUT2D eigenvalue weighted by atomic mass is 16.1. The highest BCUT2D eigenvalue weighted by Gasteiger charge is 2.22. The van der Waals surface area contributed by atoms with Gasteiger partial charge in [-0.25, -0.2) is 9.97 Å². The van der Waals surface area contributed by atoms with E-state index in [-0.39, 0.29) is 5.91 Å². The van der Waals surface area contributed by atoms with E-state index in [2.05, 4.69) is 26.7 Å². The molecular formula is C22H29N7O. The van der Waals surface area contributed by atoms with Crippen LogP contribution < -0.4 is 15.5 Å². The number of rotatable bonds is 7. The van der Waals surface area contributed by atoms with Crippen molar-refractivity contribution in [3.8, 4) is 0 Å². The molecule has 3 N–H and O–H groups in total. The van der Waals surface area contributed by atoms with E-state index in [4.69, 9.17) is 9.97 Å². The maximum atomic E-state index is 12.1. The number of para-hydroxylation sites is 1. The highest BCUT2D eigenvalue weighted by Crippen LogP contribution is 2.28. The smallest absolute Gasteiger partial charge is 0.226 e. The van der Waals surface area contributed by atoms with Crippen molar-refractivity contribution in [1.29, 1.82) is 0 Å². The number of carbonyl (C=O) groups excluding carboxylic acids is 1. The molecule has 0 unspecified atom stereocenters. The first-order valence-electron chi connectivity index (χ1n) is 10.5.